The van der Waals surface area contributed by atoms with Crippen LogP contribution in [0.2, 0.25) is 0 Å². The van der Waals surface area contributed by atoms with Crippen molar-refractivity contribution in [3.05, 3.63) is 16.1 Å². The molecule has 7 nitrogen and oxygen atoms in total. The monoisotopic (exact) mass is 387 g/mol. The van der Waals surface area contributed by atoms with E-state index >= 15 is 0 Å². The first kappa shape index (κ1) is 17.3. The number of aliphatic hydroxyl groups excluding tert-OH is 1. The van der Waals surface area contributed by atoms with Crippen LogP contribution in [0.15, 0.2) is 0 Å². The number of nitrogen functional groups attached to an aromatic ring is 1. The van der Waals surface area contributed by atoms with Gasteiger partial charge in [0, 0.05) is 37.5 Å². The van der Waals surface area contributed by atoms with E-state index in [1.54, 1.807) is 0 Å². The molecule has 0 spiro atoms. The third kappa shape index (κ3) is 2.73. The highest BCUT2D eigenvalue weighted by molar-refractivity contribution is 7.19. The quantitative estimate of drug-likeness (QED) is 0.832. The molecule has 0 bridgehead atoms. The van der Waals surface area contributed by atoms with Crippen LogP contribution in [0.1, 0.15) is 35.2 Å². The van der Waals surface area contributed by atoms with E-state index in [-0.39, 0.29) is 5.92 Å². The number of aliphatic hydroxyl groups is 1. The standard InChI is InChI=1S/C19H25N5O2S/c1-9-10(2)21-22-17-14(9)15(20)16(27-17)19(26)24-7-12-5-23(6-13(12)8-24)18(25)11-3-4-11/h11-13,19,26H,3-8,20H2,1-2H3. The number of fused-ring (bicyclic) bond motifs is 2. The first-order valence-electron chi connectivity index (χ1n) is 9.66. The van der Waals surface area contributed by atoms with Crippen LogP contribution in [0.3, 0.4) is 0 Å². The molecule has 8 heteroatoms. The van der Waals surface area contributed by atoms with Crippen LogP contribution in [-0.2, 0) is 4.79 Å². The third-order valence-electron chi connectivity index (χ3n) is 6.50. The van der Waals surface area contributed by atoms with Gasteiger partial charge in [0.2, 0.25) is 5.91 Å². The Kier molecular flexibility index (Phi) is 3.93. The predicted molar refractivity (Wildman–Crippen MR) is 104 cm³/mol. The van der Waals surface area contributed by atoms with E-state index in [9.17, 15) is 9.90 Å². The minimum absolute atomic E-state index is 0.289. The Morgan fingerprint density at radius 2 is 1.85 bits per heavy atom. The predicted octanol–water partition coefficient (Wildman–Crippen LogP) is 1.68. The average Bonchev–Trinajstić information content (AvgIpc) is 3.17. The van der Waals surface area contributed by atoms with Crippen molar-refractivity contribution in [1.29, 1.82) is 0 Å². The Hall–Kier alpha value is -1.77. The summed E-state index contributed by atoms with van der Waals surface area (Å²) in [7, 11) is 0. The van der Waals surface area contributed by atoms with Crippen molar-refractivity contribution < 1.29 is 9.90 Å². The van der Waals surface area contributed by atoms with Crippen molar-refractivity contribution >= 4 is 33.1 Å². The molecule has 2 aromatic rings. The number of rotatable bonds is 3. The average molecular weight is 388 g/mol. The Morgan fingerprint density at radius 3 is 2.48 bits per heavy atom. The fourth-order valence-electron chi connectivity index (χ4n) is 4.61. The van der Waals surface area contributed by atoms with Crippen molar-refractivity contribution in [2.45, 2.75) is 32.9 Å². The maximum atomic E-state index is 12.3. The van der Waals surface area contributed by atoms with Crippen LogP contribution in [0.25, 0.3) is 10.2 Å². The van der Waals surface area contributed by atoms with Gasteiger partial charge in [0.05, 0.1) is 16.3 Å². The Balaban J connectivity index is 1.34. The Morgan fingerprint density at radius 1 is 1.19 bits per heavy atom. The number of nitrogens with zero attached hydrogens (tertiary/aromatic N) is 4. The van der Waals surface area contributed by atoms with Gasteiger partial charge in [-0.25, -0.2) is 0 Å². The smallest absolute Gasteiger partial charge is 0.225 e. The van der Waals surface area contributed by atoms with Crippen molar-refractivity contribution in [3.63, 3.8) is 0 Å². The number of aryl methyl sites for hydroxylation is 2. The van der Waals surface area contributed by atoms with Gasteiger partial charge in [-0.05, 0) is 44.1 Å². The molecule has 1 saturated carbocycles. The van der Waals surface area contributed by atoms with Crippen LogP contribution in [0, 0.1) is 31.6 Å². The molecule has 3 N–H and O–H groups in total. The number of aromatic nitrogens is 2. The zero-order valence-electron chi connectivity index (χ0n) is 15.7. The Bertz CT molecular complexity index is 910. The molecule has 144 valence electrons. The lowest BCUT2D eigenvalue weighted by atomic mass is 10.0. The maximum absolute atomic E-state index is 12.3. The summed E-state index contributed by atoms with van der Waals surface area (Å²) in [5.74, 6) is 1.52. The number of carbonyl (C=O) groups is 1. The van der Waals surface area contributed by atoms with Crippen molar-refractivity contribution in [3.8, 4) is 0 Å². The summed E-state index contributed by atoms with van der Waals surface area (Å²) in [5, 5.41) is 20.4. The normalized spacial score (nSPS) is 26.7. The summed E-state index contributed by atoms with van der Waals surface area (Å²) < 4.78 is 0. The lowest BCUT2D eigenvalue weighted by molar-refractivity contribution is -0.132. The molecule has 0 radical (unpaired) electrons. The fraction of sp³-hybridized carbons (Fsp3) is 0.632. The van der Waals surface area contributed by atoms with Crippen molar-refractivity contribution in [2.24, 2.45) is 17.8 Å². The SMILES string of the molecule is Cc1nnc2sc(C(O)N3CC4CN(C(=O)C5CC5)CC4C3)c(N)c2c1C. The maximum Gasteiger partial charge on any atom is 0.225 e. The van der Waals surface area contributed by atoms with Crippen LogP contribution in [0.4, 0.5) is 5.69 Å². The number of nitrogens with two attached hydrogens (primary N) is 1. The fourth-order valence-corrected chi connectivity index (χ4v) is 5.73. The highest BCUT2D eigenvalue weighted by Crippen LogP contribution is 2.43. The van der Waals surface area contributed by atoms with Crippen LogP contribution < -0.4 is 5.73 Å². The van der Waals surface area contributed by atoms with Crippen LogP contribution in [0.5, 0.6) is 0 Å². The molecule has 1 amide bonds. The molecule has 1 aliphatic carbocycles. The molecule has 0 aromatic carbocycles. The zero-order chi connectivity index (χ0) is 18.9. The van der Waals surface area contributed by atoms with Gasteiger partial charge in [-0.15, -0.1) is 16.4 Å². The molecule has 3 fully saturated rings. The van der Waals surface area contributed by atoms with Crippen LogP contribution >= 0.6 is 11.3 Å². The van der Waals surface area contributed by atoms with E-state index in [0.29, 0.717) is 23.4 Å². The molecule has 4 heterocycles. The van der Waals surface area contributed by atoms with Gasteiger partial charge < -0.3 is 15.7 Å². The minimum Gasteiger partial charge on any atom is -0.397 e. The first-order chi connectivity index (χ1) is 12.9. The topological polar surface area (TPSA) is 95.6 Å². The van der Waals surface area contributed by atoms with Crippen molar-refractivity contribution in [2.75, 3.05) is 31.9 Å². The number of likely N-dealkylation sites (tertiary alicyclic amines) is 2. The van der Waals surface area contributed by atoms with Gasteiger partial charge in [0.25, 0.3) is 0 Å². The summed E-state index contributed by atoms with van der Waals surface area (Å²) >= 11 is 1.43. The number of carbonyl (C=O) groups excluding carboxylic acids is 1. The molecule has 2 aromatic heterocycles. The van der Waals surface area contributed by atoms with Crippen molar-refractivity contribution in [1.82, 2.24) is 20.0 Å². The molecule has 5 rings (SSSR count). The van der Waals surface area contributed by atoms with E-state index < -0.39 is 6.23 Å². The first-order valence-corrected chi connectivity index (χ1v) is 10.5. The molecule has 3 atom stereocenters. The number of hydrogen-bond donors (Lipinski definition) is 2. The van der Waals surface area contributed by atoms with Gasteiger partial charge in [-0.1, -0.05) is 0 Å². The lowest BCUT2D eigenvalue weighted by Gasteiger charge is -2.25. The molecular weight excluding hydrogens is 362 g/mol. The third-order valence-corrected chi connectivity index (χ3v) is 7.63. The summed E-state index contributed by atoms with van der Waals surface area (Å²) in [6.07, 6.45) is 1.40. The van der Waals surface area contributed by atoms with E-state index in [0.717, 1.165) is 65.4 Å². The zero-order valence-corrected chi connectivity index (χ0v) is 16.5. The largest absolute Gasteiger partial charge is 0.397 e. The second kappa shape index (κ2) is 6.12. The molecule has 2 saturated heterocycles. The Labute approximate surface area is 162 Å². The van der Waals surface area contributed by atoms with Gasteiger partial charge in [0.1, 0.15) is 11.1 Å². The van der Waals surface area contributed by atoms with Gasteiger partial charge in [-0.3, -0.25) is 9.69 Å². The summed E-state index contributed by atoms with van der Waals surface area (Å²) in [6.45, 7) is 7.18. The van der Waals surface area contributed by atoms with E-state index in [1.807, 2.05) is 18.7 Å². The summed E-state index contributed by atoms with van der Waals surface area (Å²) in [5.41, 5.74) is 8.92. The van der Waals surface area contributed by atoms with Gasteiger partial charge >= 0.3 is 0 Å². The number of thiophene rings is 1. The molecule has 2 aliphatic heterocycles. The summed E-state index contributed by atoms with van der Waals surface area (Å²) in [4.78, 5) is 18.0. The summed E-state index contributed by atoms with van der Waals surface area (Å²) in [6, 6.07) is 0. The molecular formula is C19H25N5O2S. The van der Waals surface area contributed by atoms with E-state index in [2.05, 4.69) is 15.1 Å². The number of hydrogen-bond acceptors (Lipinski definition) is 7. The number of amides is 1. The highest BCUT2D eigenvalue weighted by atomic mass is 32.1. The lowest BCUT2D eigenvalue weighted by Crippen LogP contribution is -2.35. The number of anilines is 1. The minimum atomic E-state index is -0.720. The van der Waals surface area contributed by atoms with Crippen LogP contribution in [-0.4, -0.2) is 57.2 Å². The molecule has 3 aliphatic rings. The second-order valence-corrected chi connectivity index (χ2v) is 9.37. The van der Waals surface area contributed by atoms with E-state index in [1.165, 1.54) is 11.3 Å². The van der Waals surface area contributed by atoms with Gasteiger partial charge in [0.15, 0.2) is 0 Å². The molecule has 27 heavy (non-hydrogen) atoms. The highest BCUT2D eigenvalue weighted by Gasteiger charge is 2.46. The second-order valence-electron chi connectivity index (χ2n) is 8.34. The molecule has 3 unspecified atom stereocenters. The van der Waals surface area contributed by atoms with Gasteiger partial charge in [-0.2, -0.15) is 5.10 Å². The van der Waals surface area contributed by atoms with E-state index in [4.69, 9.17) is 5.73 Å².